The molecule has 0 radical (unpaired) electrons. The van der Waals surface area contributed by atoms with Crippen LogP contribution in [0, 0.1) is 0 Å². The van der Waals surface area contributed by atoms with Gasteiger partial charge in [-0.05, 0) is 49.4 Å². The molecule has 12 heteroatoms. The third-order valence-corrected chi connectivity index (χ3v) is 6.57. The second kappa shape index (κ2) is 10.3. The lowest BCUT2D eigenvalue weighted by molar-refractivity contribution is -0.0498. The molecule has 2 amide bonds. The third kappa shape index (κ3) is 5.20. The van der Waals surface area contributed by atoms with Crippen LogP contribution in [-0.2, 0) is 14.8 Å². The van der Waals surface area contributed by atoms with Crippen molar-refractivity contribution in [3.05, 3.63) is 88.8 Å². The molecule has 0 aromatic heterocycles. The first-order valence-corrected chi connectivity index (χ1v) is 11.7. The third-order valence-electron chi connectivity index (χ3n) is 4.87. The number of carbonyl (C=O) groups excluding carboxylic acids is 2. The van der Waals surface area contributed by atoms with E-state index >= 15 is 0 Å². The van der Waals surface area contributed by atoms with Gasteiger partial charge in [0.2, 0.25) is 0 Å². The molecule has 2 aromatic rings. The van der Waals surface area contributed by atoms with Crippen molar-refractivity contribution >= 4 is 39.1 Å². The fraction of sp³-hybridized carbons (Fsp3) is 0.130. The Morgan fingerprint density at radius 1 is 1.11 bits per heavy atom. The van der Waals surface area contributed by atoms with Crippen LogP contribution in [0.2, 0.25) is 5.02 Å². The molecule has 0 spiro atoms. The molecule has 0 bridgehead atoms. The van der Waals surface area contributed by atoms with Gasteiger partial charge in [0.1, 0.15) is 11.5 Å². The van der Waals surface area contributed by atoms with Crippen molar-refractivity contribution in [2.24, 2.45) is 0 Å². The predicted molar refractivity (Wildman–Crippen MR) is 125 cm³/mol. The highest BCUT2D eigenvalue weighted by Crippen LogP contribution is 2.37. The number of anilines is 1. The van der Waals surface area contributed by atoms with E-state index in [9.17, 15) is 26.8 Å². The number of halogens is 3. The van der Waals surface area contributed by atoms with Crippen molar-refractivity contribution < 1.29 is 36.3 Å². The number of amides is 2. The average Bonchev–Trinajstić information content (AvgIpc) is 3.08. The highest BCUT2D eigenvalue weighted by molar-refractivity contribution is 7.92. The van der Waals surface area contributed by atoms with E-state index in [1.54, 1.807) is 6.92 Å². The molecule has 0 fully saturated rings. The van der Waals surface area contributed by atoms with Crippen LogP contribution in [0.25, 0.3) is 0 Å². The topological polar surface area (TPSA) is 102 Å². The van der Waals surface area contributed by atoms with E-state index in [4.69, 9.17) is 16.3 Å². The maximum absolute atomic E-state index is 13.3. The van der Waals surface area contributed by atoms with Crippen molar-refractivity contribution in [2.45, 2.75) is 18.4 Å². The molecule has 0 atom stereocenters. The summed E-state index contributed by atoms with van der Waals surface area (Å²) in [5.74, 6) is -1.52. The molecule has 1 N–H and O–H groups in total. The Morgan fingerprint density at radius 3 is 2.29 bits per heavy atom. The summed E-state index contributed by atoms with van der Waals surface area (Å²) in [6.45, 7) is 2.12. The van der Waals surface area contributed by atoms with Crippen molar-refractivity contribution in [1.29, 1.82) is 0 Å². The largest absolute Gasteiger partial charge is 0.497 e. The Balaban J connectivity index is 2.01. The number of carbonyl (C=O) groups is 2. The molecule has 8 nitrogen and oxygen atoms in total. The van der Waals surface area contributed by atoms with Gasteiger partial charge in [-0.25, -0.2) is 13.3 Å². The second-order valence-electron chi connectivity index (χ2n) is 6.91. The zero-order chi connectivity index (χ0) is 25.9. The van der Waals surface area contributed by atoms with Gasteiger partial charge in [0, 0.05) is 6.08 Å². The first-order valence-electron chi connectivity index (χ1n) is 9.87. The molecule has 3 rings (SSSR count). The zero-order valence-corrected chi connectivity index (χ0v) is 20.0. The summed E-state index contributed by atoms with van der Waals surface area (Å²) in [6.07, 6.45) is 4.28. The summed E-state index contributed by atoms with van der Waals surface area (Å²) in [5.41, 5.74) is -0.447. The average molecular weight is 525 g/mol. The number of sulfonamides is 1. The van der Waals surface area contributed by atoms with E-state index in [2.05, 4.69) is 16.0 Å². The molecule has 1 heterocycles. The van der Waals surface area contributed by atoms with Crippen molar-refractivity contribution in [2.75, 3.05) is 11.8 Å². The van der Waals surface area contributed by atoms with E-state index in [0.29, 0.717) is 0 Å². The minimum absolute atomic E-state index is 0.0487. The Hall–Kier alpha value is -3.70. The molecule has 184 valence electrons. The molecule has 2 aromatic carbocycles. The molecular weight excluding hydrogens is 506 g/mol. The Labute approximate surface area is 205 Å². The molecule has 1 aliphatic heterocycles. The maximum Gasteiger partial charge on any atom is 0.387 e. The molecule has 0 unspecified atom stereocenters. The summed E-state index contributed by atoms with van der Waals surface area (Å²) in [7, 11) is -2.89. The second-order valence-corrected chi connectivity index (χ2v) is 9.00. The van der Waals surface area contributed by atoms with Crippen LogP contribution in [0.1, 0.15) is 27.6 Å². The van der Waals surface area contributed by atoms with E-state index < -0.39 is 28.4 Å². The van der Waals surface area contributed by atoms with Crippen LogP contribution in [0.15, 0.2) is 77.6 Å². The van der Waals surface area contributed by atoms with Crippen molar-refractivity contribution in [3.63, 3.8) is 0 Å². The number of alkyl halides is 2. The molecule has 0 aliphatic carbocycles. The zero-order valence-electron chi connectivity index (χ0n) is 18.4. The van der Waals surface area contributed by atoms with Gasteiger partial charge in [-0.3, -0.25) is 14.3 Å². The van der Waals surface area contributed by atoms with Crippen LogP contribution in [0.3, 0.4) is 0 Å². The van der Waals surface area contributed by atoms with E-state index in [-0.39, 0.29) is 43.9 Å². The van der Waals surface area contributed by atoms with E-state index in [0.717, 1.165) is 29.2 Å². The standard InChI is InChI=1S/C23H19ClF2N2O6S/c1-4-13(12-14(5-2)33-3)28-21(29)19-17(24)10-11-18(20(19)22(28)30)27-35(31,32)16-8-6-15(7-9-16)34-23(25)26/h4-12,23,27H,2H2,1,3H3/b13-4+,14-12+. The molecule has 0 saturated heterocycles. The van der Waals surface area contributed by atoms with Gasteiger partial charge in [-0.2, -0.15) is 8.78 Å². The van der Waals surface area contributed by atoms with Gasteiger partial charge in [0.25, 0.3) is 21.8 Å². The van der Waals surface area contributed by atoms with Gasteiger partial charge in [0.05, 0.1) is 39.5 Å². The fourth-order valence-electron chi connectivity index (χ4n) is 3.27. The summed E-state index contributed by atoms with van der Waals surface area (Å²) in [4.78, 5) is 27.0. The predicted octanol–water partition coefficient (Wildman–Crippen LogP) is 4.96. The van der Waals surface area contributed by atoms with Gasteiger partial charge in [-0.1, -0.05) is 24.3 Å². The number of allylic oxidation sites excluding steroid dienone is 3. The van der Waals surface area contributed by atoms with Gasteiger partial charge < -0.3 is 9.47 Å². The number of nitrogens with zero attached hydrogens (tertiary/aromatic N) is 1. The van der Waals surface area contributed by atoms with Gasteiger partial charge in [-0.15, -0.1) is 0 Å². The van der Waals surface area contributed by atoms with Crippen LogP contribution in [0.5, 0.6) is 5.75 Å². The number of methoxy groups -OCH3 is 1. The summed E-state index contributed by atoms with van der Waals surface area (Å²) < 4.78 is 62.1. The van der Waals surface area contributed by atoms with Gasteiger partial charge in [0.15, 0.2) is 0 Å². The monoisotopic (exact) mass is 524 g/mol. The number of hydrogen-bond donors (Lipinski definition) is 1. The SMILES string of the molecule is C=C/C(=C\C(=C/C)N1C(=O)c2c(Cl)ccc(NS(=O)(=O)c3ccc(OC(F)F)cc3)c2C1=O)OC. The van der Waals surface area contributed by atoms with Gasteiger partial charge >= 0.3 is 6.61 Å². The quantitative estimate of drug-likeness (QED) is 0.283. The highest BCUT2D eigenvalue weighted by atomic mass is 35.5. The minimum atomic E-state index is -4.28. The van der Waals surface area contributed by atoms with Crippen molar-refractivity contribution in [1.82, 2.24) is 4.90 Å². The summed E-state index contributed by atoms with van der Waals surface area (Å²) in [5, 5.41) is -0.0487. The number of nitrogens with one attached hydrogen (secondary N) is 1. The lowest BCUT2D eigenvalue weighted by atomic mass is 10.1. The lowest BCUT2D eigenvalue weighted by Crippen LogP contribution is -2.28. The lowest BCUT2D eigenvalue weighted by Gasteiger charge is -2.16. The maximum atomic E-state index is 13.3. The first-order chi connectivity index (χ1) is 16.5. The molecular formula is C23H19ClF2N2O6S. The Kier molecular flexibility index (Phi) is 7.61. The number of benzene rings is 2. The molecule has 1 aliphatic rings. The fourth-order valence-corrected chi connectivity index (χ4v) is 4.58. The van der Waals surface area contributed by atoms with Crippen LogP contribution in [0.4, 0.5) is 14.5 Å². The summed E-state index contributed by atoms with van der Waals surface area (Å²) >= 11 is 6.19. The first kappa shape index (κ1) is 25.9. The Bertz CT molecular complexity index is 1350. The van der Waals surface area contributed by atoms with Crippen molar-refractivity contribution in [3.8, 4) is 5.75 Å². The number of fused-ring (bicyclic) bond motifs is 1. The smallest absolute Gasteiger partial charge is 0.387 e. The normalized spacial score (nSPS) is 14.3. The molecule has 0 saturated carbocycles. The summed E-state index contributed by atoms with van der Waals surface area (Å²) in [6, 6.07) is 6.75. The van der Waals surface area contributed by atoms with Crippen LogP contribution in [-0.4, -0.2) is 38.9 Å². The number of ether oxygens (including phenoxy) is 2. The number of imide groups is 1. The number of hydrogen-bond acceptors (Lipinski definition) is 6. The Morgan fingerprint density at radius 2 is 1.74 bits per heavy atom. The van der Waals surface area contributed by atoms with E-state index in [1.807, 2.05) is 0 Å². The van der Waals surface area contributed by atoms with Crippen LogP contribution < -0.4 is 9.46 Å². The number of rotatable bonds is 9. The minimum Gasteiger partial charge on any atom is -0.497 e. The van der Waals surface area contributed by atoms with E-state index in [1.165, 1.54) is 37.5 Å². The molecule has 35 heavy (non-hydrogen) atoms. The highest BCUT2D eigenvalue weighted by Gasteiger charge is 2.41. The van der Waals surface area contributed by atoms with Crippen LogP contribution >= 0.6 is 11.6 Å².